The smallest absolute Gasteiger partial charge is 0.259 e. The normalized spacial score (nSPS) is 11.3. The van der Waals surface area contributed by atoms with Crippen molar-refractivity contribution in [3.05, 3.63) is 75.8 Å². The van der Waals surface area contributed by atoms with Crippen molar-refractivity contribution in [1.29, 1.82) is 0 Å². The predicted octanol–water partition coefficient (Wildman–Crippen LogP) is 4.13. The highest BCUT2D eigenvalue weighted by molar-refractivity contribution is 7.99. The molecule has 2 aromatic carbocycles. The summed E-state index contributed by atoms with van der Waals surface area (Å²) in [6.45, 7) is 2.64. The van der Waals surface area contributed by atoms with Crippen molar-refractivity contribution in [3.63, 3.8) is 0 Å². The molecule has 2 aromatic heterocycles. The third-order valence-corrected chi connectivity index (χ3v) is 5.49. The van der Waals surface area contributed by atoms with Crippen molar-refractivity contribution in [3.8, 4) is 0 Å². The Morgan fingerprint density at radius 2 is 1.94 bits per heavy atom. The van der Waals surface area contributed by atoms with E-state index in [0.29, 0.717) is 34.2 Å². The second-order valence-electron chi connectivity index (χ2n) is 6.83. The Morgan fingerprint density at radius 3 is 2.66 bits per heavy atom. The number of rotatable bonds is 9. The van der Waals surface area contributed by atoms with E-state index in [1.54, 1.807) is 34.8 Å². The van der Waals surface area contributed by atoms with E-state index in [2.05, 4.69) is 37.7 Å². The number of hydrogen-bond acceptors (Lipinski definition) is 9. The molecule has 0 saturated carbocycles. The zero-order valence-electron chi connectivity index (χ0n) is 17.3. The molecule has 0 radical (unpaired) electrons. The molecule has 0 fully saturated rings. The van der Waals surface area contributed by atoms with Crippen LogP contribution < -0.4 is 5.43 Å². The Labute approximate surface area is 187 Å². The average molecular weight is 449 g/mol. The van der Waals surface area contributed by atoms with Crippen LogP contribution in [0.25, 0.3) is 11.2 Å². The van der Waals surface area contributed by atoms with Gasteiger partial charge in [0.1, 0.15) is 0 Å². The maximum absolute atomic E-state index is 10.8. The van der Waals surface area contributed by atoms with Gasteiger partial charge < -0.3 is 0 Å². The van der Waals surface area contributed by atoms with Gasteiger partial charge in [-0.3, -0.25) is 15.5 Å². The summed E-state index contributed by atoms with van der Waals surface area (Å²) in [6, 6.07) is 16.1. The summed E-state index contributed by atoms with van der Waals surface area (Å²) >= 11 is 1.56. The van der Waals surface area contributed by atoms with Crippen LogP contribution in [0.15, 0.2) is 64.9 Å². The standard InChI is InChI=1S/C21H20N8O2S/c1-2-12-32-21-23-19(26-22-13-15-8-10-17(11-9-15)29(30)31)18-20(24-21)28(27-25-18)14-16-6-4-3-5-7-16/h3-11,13H,2,12,14H2,1H3,(H,23,24,26)/b22-13+. The molecule has 0 aliphatic rings. The highest BCUT2D eigenvalue weighted by Gasteiger charge is 2.15. The molecule has 0 bridgehead atoms. The van der Waals surface area contributed by atoms with E-state index >= 15 is 0 Å². The Bertz CT molecular complexity index is 1240. The Morgan fingerprint density at radius 1 is 1.16 bits per heavy atom. The van der Waals surface area contributed by atoms with Crippen molar-refractivity contribution in [2.24, 2.45) is 5.10 Å². The van der Waals surface area contributed by atoms with E-state index < -0.39 is 4.92 Å². The molecule has 4 rings (SSSR count). The first-order valence-corrected chi connectivity index (χ1v) is 10.9. The number of nitrogens with one attached hydrogen (secondary N) is 1. The van der Waals surface area contributed by atoms with Crippen LogP contribution in [0.2, 0.25) is 0 Å². The minimum absolute atomic E-state index is 0.0280. The van der Waals surface area contributed by atoms with Crippen LogP contribution in [-0.2, 0) is 6.54 Å². The molecule has 162 valence electrons. The van der Waals surface area contributed by atoms with Gasteiger partial charge >= 0.3 is 0 Å². The third-order valence-electron chi connectivity index (χ3n) is 4.44. The number of non-ortho nitro benzene ring substituents is 1. The summed E-state index contributed by atoms with van der Waals surface area (Å²) in [4.78, 5) is 19.6. The van der Waals surface area contributed by atoms with Crippen molar-refractivity contribution in [1.82, 2.24) is 25.0 Å². The molecule has 10 nitrogen and oxygen atoms in total. The largest absolute Gasteiger partial charge is 0.269 e. The van der Waals surface area contributed by atoms with Gasteiger partial charge in [0.05, 0.1) is 17.7 Å². The van der Waals surface area contributed by atoms with Crippen LogP contribution in [0.3, 0.4) is 0 Å². The number of thioether (sulfide) groups is 1. The first-order chi connectivity index (χ1) is 15.6. The predicted molar refractivity (Wildman–Crippen MR) is 124 cm³/mol. The van der Waals surface area contributed by atoms with E-state index in [1.807, 2.05) is 30.3 Å². The number of nitrogens with zero attached hydrogens (tertiary/aromatic N) is 7. The molecule has 0 atom stereocenters. The number of aromatic nitrogens is 5. The summed E-state index contributed by atoms with van der Waals surface area (Å²) in [7, 11) is 0. The third kappa shape index (κ3) is 5.06. The Hall–Kier alpha value is -3.86. The molecule has 0 aliphatic carbocycles. The van der Waals surface area contributed by atoms with Gasteiger partial charge in [-0.1, -0.05) is 54.2 Å². The van der Waals surface area contributed by atoms with Crippen molar-refractivity contribution in [2.75, 3.05) is 11.2 Å². The zero-order chi connectivity index (χ0) is 22.3. The number of benzene rings is 2. The van der Waals surface area contributed by atoms with Gasteiger partial charge in [-0.2, -0.15) is 5.10 Å². The molecule has 2 heterocycles. The fourth-order valence-corrected chi connectivity index (χ4v) is 3.58. The summed E-state index contributed by atoms with van der Waals surface area (Å²) in [5, 5.41) is 24.2. The lowest BCUT2D eigenvalue weighted by atomic mass is 10.2. The molecule has 0 aliphatic heterocycles. The highest BCUT2D eigenvalue weighted by Crippen LogP contribution is 2.24. The van der Waals surface area contributed by atoms with Crippen molar-refractivity contribution in [2.45, 2.75) is 25.0 Å². The number of hydrazone groups is 1. The summed E-state index contributed by atoms with van der Waals surface area (Å²) < 4.78 is 1.74. The molecule has 0 saturated heterocycles. The number of anilines is 1. The van der Waals surface area contributed by atoms with Gasteiger partial charge in [-0.15, -0.1) is 5.10 Å². The second-order valence-corrected chi connectivity index (χ2v) is 7.89. The molecular formula is C21H20N8O2S. The quantitative estimate of drug-likeness (QED) is 0.133. The number of nitro groups is 1. The second kappa shape index (κ2) is 9.96. The van der Waals surface area contributed by atoms with Gasteiger partial charge in [0, 0.05) is 17.9 Å². The minimum atomic E-state index is -0.439. The molecule has 0 unspecified atom stereocenters. The molecule has 11 heteroatoms. The molecule has 0 amide bonds. The maximum Gasteiger partial charge on any atom is 0.269 e. The molecule has 0 spiro atoms. The Balaban J connectivity index is 1.61. The lowest BCUT2D eigenvalue weighted by Gasteiger charge is -2.06. The van der Waals surface area contributed by atoms with E-state index in [4.69, 9.17) is 0 Å². The van der Waals surface area contributed by atoms with Gasteiger partial charge in [0.25, 0.3) is 5.69 Å². The summed E-state index contributed by atoms with van der Waals surface area (Å²) in [6.07, 6.45) is 2.56. The first-order valence-electron chi connectivity index (χ1n) is 9.95. The van der Waals surface area contributed by atoms with Crippen LogP contribution in [0, 0.1) is 10.1 Å². The van der Waals surface area contributed by atoms with Crippen LogP contribution in [0.4, 0.5) is 11.5 Å². The zero-order valence-corrected chi connectivity index (χ0v) is 18.1. The summed E-state index contributed by atoms with van der Waals surface area (Å²) in [5.74, 6) is 1.34. The van der Waals surface area contributed by atoms with E-state index in [-0.39, 0.29) is 5.69 Å². The van der Waals surface area contributed by atoms with Crippen molar-refractivity contribution >= 4 is 40.6 Å². The van der Waals surface area contributed by atoms with Crippen molar-refractivity contribution < 1.29 is 4.92 Å². The SMILES string of the molecule is CCCSc1nc(N/N=C/c2ccc([N+](=O)[O-])cc2)c2nnn(Cc3ccccc3)c2n1. The number of fused-ring (bicyclic) bond motifs is 1. The average Bonchev–Trinajstić information content (AvgIpc) is 3.21. The number of hydrogen-bond donors (Lipinski definition) is 1. The van der Waals surface area contributed by atoms with Crippen LogP contribution >= 0.6 is 11.8 Å². The van der Waals surface area contributed by atoms with Crippen LogP contribution in [-0.4, -0.2) is 41.9 Å². The van der Waals surface area contributed by atoms with Gasteiger partial charge in [-0.05, 0) is 29.7 Å². The minimum Gasteiger partial charge on any atom is -0.259 e. The lowest BCUT2D eigenvalue weighted by molar-refractivity contribution is -0.384. The Kier molecular flexibility index (Phi) is 6.66. The topological polar surface area (TPSA) is 124 Å². The first kappa shape index (κ1) is 21.4. The molecule has 32 heavy (non-hydrogen) atoms. The van der Waals surface area contributed by atoms with Crippen LogP contribution in [0.5, 0.6) is 0 Å². The number of nitro benzene ring substituents is 1. The van der Waals surface area contributed by atoms with Gasteiger partial charge in [-0.25, -0.2) is 14.6 Å². The molecule has 4 aromatic rings. The monoisotopic (exact) mass is 448 g/mol. The molecule has 1 N–H and O–H groups in total. The van der Waals surface area contributed by atoms with Gasteiger partial charge in [0.2, 0.25) is 0 Å². The highest BCUT2D eigenvalue weighted by atomic mass is 32.2. The summed E-state index contributed by atoms with van der Waals surface area (Å²) in [5.41, 5.74) is 5.89. The fraction of sp³-hybridized carbons (Fsp3) is 0.190. The van der Waals surface area contributed by atoms with Crippen LogP contribution in [0.1, 0.15) is 24.5 Å². The lowest BCUT2D eigenvalue weighted by Crippen LogP contribution is -2.04. The van der Waals surface area contributed by atoms with E-state index in [0.717, 1.165) is 17.7 Å². The fourth-order valence-electron chi connectivity index (χ4n) is 2.88. The van der Waals surface area contributed by atoms with E-state index in [9.17, 15) is 10.1 Å². The maximum atomic E-state index is 10.8. The van der Waals surface area contributed by atoms with Gasteiger partial charge in [0.15, 0.2) is 22.1 Å². The van der Waals surface area contributed by atoms with E-state index in [1.165, 1.54) is 12.1 Å². The molecular weight excluding hydrogens is 428 g/mol.